The van der Waals surface area contributed by atoms with Gasteiger partial charge in [0, 0.05) is 6.54 Å². The summed E-state index contributed by atoms with van der Waals surface area (Å²) in [6.07, 6.45) is 0. The molecule has 5 nitrogen and oxygen atoms in total. The van der Waals surface area contributed by atoms with Crippen molar-refractivity contribution in [2.75, 3.05) is 7.05 Å². The number of benzene rings is 2. The van der Waals surface area contributed by atoms with E-state index in [1.807, 2.05) is 49.5 Å². The van der Waals surface area contributed by atoms with E-state index in [4.69, 9.17) is 0 Å². The van der Waals surface area contributed by atoms with Crippen molar-refractivity contribution in [3.8, 4) is 0 Å². The molecule has 0 aliphatic rings. The summed E-state index contributed by atoms with van der Waals surface area (Å²) in [6.45, 7) is 1.17. The average Bonchev–Trinajstić information content (AvgIpc) is 2.97. The summed E-state index contributed by atoms with van der Waals surface area (Å²) in [5.74, 6) is 0. The normalized spacial score (nSPS) is 11.6. The van der Waals surface area contributed by atoms with E-state index in [1.165, 1.54) is 4.70 Å². The standard InChI is InChI=1S/C18H16N4OS/c1-22(11-17-20-14-8-4-5-9-16(14)24-17)10-15-18(23)21-13-7-3-2-6-12(13)19-15/h2-9H,10-11H2,1H3,(H,21,23). The third-order valence-electron chi connectivity index (χ3n) is 3.83. The van der Waals surface area contributed by atoms with Crippen molar-refractivity contribution in [2.45, 2.75) is 13.1 Å². The number of H-pyrrole nitrogens is 1. The van der Waals surface area contributed by atoms with Gasteiger partial charge >= 0.3 is 0 Å². The number of aromatic nitrogens is 3. The van der Waals surface area contributed by atoms with E-state index in [9.17, 15) is 4.79 Å². The highest BCUT2D eigenvalue weighted by Gasteiger charge is 2.11. The molecule has 0 aliphatic carbocycles. The van der Waals surface area contributed by atoms with Crippen LogP contribution in [-0.4, -0.2) is 26.9 Å². The number of rotatable bonds is 4. The molecule has 0 atom stereocenters. The van der Waals surface area contributed by atoms with Crippen molar-refractivity contribution in [1.82, 2.24) is 19.9 Å². The Morgan fingerprint density at radius 2 is 1.75 bits per heavy atom. The second-order valence-corrected chi connectivity index (χ2v) is 6.89. The van der Waals surface area contributed by atoms with Gasteiger partial charge in [-0.3, -0.25) is 9.69 Å². The first-order valence-electron chi connectivity index (χ1n) is 7.70. The van der Waals surface area contributed by atoms with Gasteiger partial charge in [-0.25, -0.2) is 9.97 Å². The first-order valence-corrected chi connectivity index (χ1v) is 8.51. The van der Waals surface area contributed by atoms with Crippen LogP contribution in [-0.2, 0) is 13.1 Å². The molecule has 4 aromatic rings. The first kappa shape index (κ1) is 15.0. The fourth-order valence-electron chi connectivity index (χ4n) is 2.70. The molecule has 0 spiro atoms. The summed E-state index contributed by atoms with van der Waals surface area (Å²) in [5, 5.41) is 1.04. The Kier molecular flexibility index (Phi) is 3.84. The topological polar surface area (TPSA) is 61.9 Å². The third kappa shape index (κ3) is 2.93. The summed E-state index contributed by atoms with van der Waals surface area (Å²) in [5.41, 5.74) is 2.98. The number of thiazole rings is 1. The van der Waals surface area contributed by atoms with Gasteiger partial charge in [0.05, 0.1) is 27.8 Å². The minimum absolute atomic E-state index is 0.134. The number of nitrogens with one attached hydrogen (secondary N) is 1. The van der Waals surface area contributed by atoms with Crippen molar-refractivity contribution >= 4 is 32.6 Å². The highest BCUT2D eigenvalue weighted by Crippen LogP contribution is 2.22. The summed E-state index contributed by atoms with van der Waals surface area (Å²) in [6, 6.07) is 15.7. The molecular formula is C18H16N4OS. The van der Waals surface area contributed by atoms with Gasteiger partial charge in [0.2, 0.25) is 0 Å². The van der Waals surface area contributed by atoms with Gasteiger partial charge in [-0.15, -0.1) is 11.3 Å². The number of nitrogens with zero attached hydrogens (tertiary/aromatic N) is 3. The van der Waals surface area contributed by atoms with Crippen molar-refractivity contribution < 1.29 is 0 Å². The highest BCUT2D eigenvalue weighted by molar-refractivity contribution is 7.18. The zero-order chi connectivity index (χ0) is 16.5. The SMILES string of the molecule is CN(Cc1nc2ccccc2s1)Cc1nc2ccccc2[nH]c1=O. The van der Waals surface area contributed by atoms with Crippen molar-refractivity contribution in [2.24, 2.45) is 0 Å². The van der Waals surface area contributed by atoms with Crippen LogP contribution >= 0.6 is 11.3 Å². The van der Waals surface area contributed by atoms with Gasteiger partial charge < -0.3 is 4.98 Å². The average molecular weight is 336 g/mol. The van der Waals surface area contributed by atoms with Gasteiger partial charge in [0.15, 0.2) is 0 Å². The van der Waals surface area contributed by atoms with Gasteiger partial charge in [-0.1, -0.05) is 24.3 Å². The molecule has 4 rings (SSSR count). The lowest BCUT2D eigenvalue weighted by molar-refractivity contribution is 0.313. The van der Waals surface area contributed by atoms with E-state index < -0.39 is 0 Å². The Balaban J connectivity index is 1.56. The second-order valence-electron chi connectivity index (χ2n) is 5.78. The Hall–Kier alpha value is -2.57. The Morgan fingerprint density at radius 3 is 2.58 bits per heavy atom. The van der Waals surface area contributed by atoms with E-state index >= 15 is 0 Å². The predicted molar refractivity (Wildman–Crippen MR) is 97.2 cm³/mol. The summed E-state index contributed by atoms with van der Waals surface area (Å²) >= 11 is 1.68. The minimum Gasteiger partial charge on any atom is -0.319 e. The molecule has 2 aromatic heterocycles. The smallest absolute Gasteiger partial charge is 0.271 e. The third-order valence-corrected chi connectivity index (χ3v) is 4.85. The lowest BCUT2D eigenvalue weighted by Gasteiger charge is -2.14. The molecule has 0 fully saturated rings. The van der Waals surface area contributed by atoms with E-state index in [0.717, 1.165) is 21.6 Å². The molecule has 0 saturated carbocycles. The Labute approximate surface area is 142 Å². The van der Waals surface area contributed by atoms with Crippen molar-refractivity contribution in [3.05, 3.63) is 69.6 Å². The van der Waals surface area contributed by atoms with E-state index in [1.54, 1.807) is 11.3 Å². The summed E-state index contributed by atoms with van der Waals surface area (Å²) in [4.78, 5) is 26.3. The van der Waals surface area contributed by atoms with Gasteiger partial charge in [-0.05, 0) is 31.3 Å². The monoisotopic (exact) mass is 336 g/mol. The fourth-order valence-corrected chi connectivity index (χ4v) is 3.75. The van der Waals surface area contributed by atoms with Crippen LogP contribution in [0.4, 0.5) is 0 Å². The quantitative estimate of drug-likeness (QED) is 0.622. The van der Waals surface area contributed by atoms with Gasteiger partial charge in [0.1, 0.15) is 10.7 Å². The number of aromatic amines is 1. The van der Waals surface area contributed by atoms with Crippen LogP contribution in [0.15, 0.2) is 53.3 Å². The number of para-hydroxylation sites is 3. The second kappa shape index (κ2) is 6.14. The molecule has 0 amide bonds. The van der Waals surface area contributed by atoms with Crippen LogP contribution in [0.5, 0.6) is 0 Å². The zero-order valence-electron chi connectivity index (χ0n) is 13.2. The summed E-state index contributed by atoms with van der Waals surface area (Å²) < 4.78 is 1.18. The fraction of sp³-hybridized carbons (Fsp3) is 0.167. The lowest BCUT2D eigenvalue weighted by Crippen LogP contribution is -2.24. The molecule has 2 aromatic carbocycles. The highest BCUT2D eigenvalue weighted by atomic mass is 32.1. The molecule has 2 heterocycles. The van der Waals surface area contributed by atoms with Crippen molar-refractivity contribution in [3.63, 3.8) is 0 Å². The van der Waals surface area contributed by atoms with Gasteiger partial charge in [-0.2, -0.15) is 0 Å². The molecule has 0 bridgehead atoms. The van der Waals surface area contributed by atoms with Gasteiger partial charge in [0.25, 0.3) is 5.56 Å². The van der Waals surface area contributed by atoms with E-state index in [2.05, 4.69) is 25.9 Å². The molecule has 0 radical (unpaired) electrons. The number of hydrogen-bond donors (Lipinski definition) is 1. The molecule has 1 N–H and O–H groups in total. The Morgan fingerprint density at radius 1 is 1.00 bits per heavy atom. The maximum Gasteiger partial charge on any atom is 0.271 e. The molecular weight excluding hydrogens is 320 g/mol. The molecule has 0 saturated heterocycles. The zero-order valence-corrected chi connectivity index (χ0v) is 14.0. The summed E-state index contributed by atoms with van der Waals surface area (Å²) in [7, 11) is 1.97. The maximum absolute atomic E-state index is 12.2. The molecule has 120 valence electrons. The van der Waals surface area contributed by atoms with Crippen LogP contribution in [0, 0.1) is 0 Å². The molecule has 6 heteroatoms. The maximum atomic E-state index is 12.2. The van der Waals surface area contributed by atoms with Crippen LogP contribution < -0.4 is 5.56 Å². The predicted octanol–water partition coefficient (Wildman–Crippen LogP) is 3.16. The van der Waals surface area contributed by atoms with Crippen LogP contribution in [0.25, 0.3) is 21.3 Å². The van der Waals surface area contributed by atoms with Crippen LogP contribution in [0.2, 0.25) is 0 Å². The minimum atomic E-state index is -0.134. The Bertz CT molecular complexity index is 1040. The molecule has 0 aliphatic heterocycles. The van der Waals surface area contributed by atoms with Crippen LogP contribution in [0.3, 0.4) is 0 Å². The number of hydrogen-bond acceptors (Lipinski definition) is 5. The molecule has 0 unspecified atom stereocenters. The van der Waals surface area contributed by atoms with E-state index in [-0.39, 0.29) is 5.56 Å². The lowest BCUT2D eigenvalue weighted by atomic mass is 10.3. The van der Waals surface area contributed by atoms with Crippen LogP contribution in [0.1, 0.15) is 10.7 Å². The number of fused-ring (bicyclic) bond motifs is 2. The first-order chi connectivity index (χ1) is 11.7. The largest absolute Gasteiger partial charge is 0.319 e. The molecule has 24 heavy (non-hydrogen) atoms. The van der Waals surface area contributed by atoms with Crippen molar-refractivity contribution in [1.29, 1.82) is 0 Å². The van der Waals surface area contributed by atoms with E-state index in [0.29, 0.717) is 18.8 Å².